The van der Waals surface area contributed by atoms with Gasteiger partial charge in [-0.05, 0) is 58.8 Å². The van der Waals surface area contributed by atoms with E-state index in [9.17, 15) is 4.79 Å². The van der Waals surface area contributed by atoms with Gasteiger partial charge in [0.2, 0.25) is 0 Å². The van der Waals surface area contributed by atoms with Crippen molar-refractivity contribution in [2.24, 2.45) is 5.92 Å². The van der Waals surface area contributed by atoms with Gasteiger partial charge in [-0.2, -0.15) is 0 Å². The monoisotopic (exact) mass is 282 g/mol. The van der Waals surface area contributed by atoms with E-state index in [0.29, 0.717) is 0 Å². The van der Waals surface area contributed by atoms with Crippen molar-refractivity contribution in [3.05, 3.63) is 0 Å². The van der Waals surface area contributed by atoms with Crippen LogP contribution in [-0.2, 0) is 9.53 Å². The number of rotatable bonds is 9. The molecule has 2 fully saturated rings. The molecule has 4 nitrogen and oxygen atoms in total. The highest BCUT2D eigenvalue weighted by atomic mass is 16.5. The minimum atomic E-state index is -0.570. The molecule has 0 aliphatic heterocycles. The molecule has 2 saturated carbocycles. The lowest BCUT2D eigenvalue weighted by molar-refractivity contribution is -0.148. The van der Waals surface area contributed by atoms with E-state index in [0.717, 1.165) is 24.9 Å². The molecule has 4 heteroatoms. The van der Waals surface area contributed by atoms with E-state index in [1.54, 1.807) is 0 Å². The summed E-state index contributed by atoms with van der Waals surface area (Å²) < 4.78 is 5.00. The Bertz CT molecular complexity index is 337. The molecule has 0 saturated heterocycles. The van der Waals surface area contributed by atoms with Gasteiger partial charge >= 0.3 is 5.97 Å². The molecular formula is C16H30N2O2. The Morgan fingerprint density at radius 2 is 2.00 bits per heavy atom. The molecule has 0 aromatic rings. The van der Waals surface area contributed by atoms with E-state index in [2.05, 4.69) is 24.1 Å². The highest BCUT2D eigenvalue weighted by molar-refractivity contribution is 5.80. The fourth-order valence-electron chi connectivity index (χ4n) is 2.96. The van der Waals surface area contributed by atoms with E-state index in [1.807, 2.05) is 6.92 Å². The fourth-order valence-corrected chi connectivity index (χ4v) is 2.96. The fraction of sp³-hybridized carbons (Fsp3) is 0.938. The van der Waals surface area contributed by atoms with Gasteiger partial charge in [-0.15, -0.1) is 0 Å². The van der Waals surface area contributed by atoms with Gasteiger partial charge in [0, 0.05) is 25.2 Å². The maximum absolute atomic E-state index is 12.1. The third-order valence-electron chi connectivity index (χ3n) is 4.40. The van der Waals surface area contributed by atoms with Crippen molar-refractivity contribution in [2.45, 2.75) is 70.5 Å². The third-order valence-corrected chi connectivity index (χ3v) is 4.40. The molecule has 0 aromatic heterocycles. The standard InChI is InChI=1S/C16H30N2O2/c1-12(2)17-16(3,15(19)20-4)9-10-18(14-7-8-14)11-13-5-6-13/h12-14,17H,5-11H2,1-4H3. The van der Waals surface area contributed by atoms with Crippen LogP contribution >= 0.6 is 0 Å². The molecule has 0 heterocycles. The van der Waals surface area contributed by atoms with Gasteiger partial charge in [0.1, 0.15) is 5.54 Å². The van der Waals surface area contributed by atoms with Crippen LogP contribution in [0.15, 0.2) is 0 Å². The topological polar surface area (TPSA) is 41.6 Å². The number of nitrogens with one attached hydrogen (secondary N) is 1. The first-order chi connectivity index (χ1) is 9.44. The highest BCUT2D eigenvalue weighted by Gasteiger charge is 2.38. The lowest BCUT2D eigenvalue weighted by Crippen LogP contribution is -2.54. The van der Waals surface area contributed by atoms with E-state index >= 15 is 0 Å². The molecule has 0 radical (unpaired) electrons. The SMILES string of the molecule is COC(=O)C(C)(CCN(CC1CC1)C1CC1)NC(C)C. The predicted molar refractivity (Wildman–Crippen MR) is 80.6 cm³/mol. The first kappa shape index (κ1) is 15.8. The van der Waals surface area contributed by atoms with Crippen LogP contribution in [0.1, 0.15) is 52.9 Å². The van der Waals surface area contributed by atoms with E-state index in [1.165, 1.54) is 39.3 Å². The molecule has 116 valence electrons. The minimum Gasteiger partial charge on any atom is -0.468 e. The molecule has 0 bridgehead atoms. The van der Waals surface area contributed by atoms with Crippen LogP contribution in [0.5, 0.6) is 0 Å². The van der Waals surface area contributed by atoms with Crippen LogP contribution in [0.25, 0.3) is 0 Å². The van der Waals surface area contributed by atoms with E-state index in [4.69, 9.17) is 4.74 Å². The largest absolute Gasteiger partial charge is 0.468 e. The Balaban J connectivity index is 1.89. The van der Waals surface area contributed by atoms with Crippen molar-refractivity contribution in [1.82, 2.24) is 10.2 Å². The van der Waals surface area contributed by atoms with Gasteiger partial charge in [-0.25, -0.2) is 0 Å². The molecule has 2 rings (SSSR count). The third kappa shape index (κ3) is 4.45. The quantitative estimate of drug-likeness (QED) is 0.658. The molecule has 20 heavy (non-hydrogen) atoms. The number of esters is 1. The molecule has 2 aliphatic rings. The molecule has 1 N–H and O–H groups in total. The van der Waals surface area contributed by atoms with Crippen molar-refractivity contribution in [3.63, 3.8) is 0 Å². The first-order valence-electron chi connectivity index (χ1n) is 8.05. The zero-order chi connectivity index (χ0) is 14.8. The number of hydrogen-bond donors (Lipinski definition) is 1. The smallest absolute Gasteiger partial charge is 0.325 e. The van der Waals surface area contributed by atoms with Crippen LogP contribution in [0, 0.1) is 5.92 Å². The van der Waals surface area contributed by atoms with Crippen LogP contribution in [0.4, 0.5) is 0 Å². The lowest BCUT2D eigenvalue weighted by atomic mass is 9.96. The normalized spacial score (nSPS) is 22.1. The zero-order valence-electron chi connectivity index (χ0n) is 13.4. The van der Waals surface area contributed by atoms with Gasteiger partial charge < -0.3 is 9.64 Å². The maximum atomic E-state index is 12.1. The predicted octanol–water partition coefficient (Wildman–Crippen LogP) is 2.18. The van der Waals surface area contributed by atoms with Gasteiger partial charge in [-0.3, -0.25) is 10.1 Å². The van der Waals surface area contributed by atoms with Crippen molar-refractivity contribution >= 4 is 5.97 Å². The van der Waals surface area contributed by atoms with E-state index in [-0.39, 0.29) is 12.0 Å². The second-order valence-electron chi connectivity index (χ2n) is 7.04. The molecule has 1 unspecified atom stereocenters. The summed E-state index contributed by atoms with van der Waals surface area (Å²) in [5.74, 6) is 0.770. The molecule has 0 amide bonds. The number of methoxy groups -OCH3 is 1. The van der Waals surface area contributed by atoms with Crippen molar-refractivity contribution in [1.29, 1.82) is 0 Å². The number of hydrogen-bond acceptors (Lipinski definition) is 4. The second kappa shape index (κ2) is 6.44. The summed E-state index contributed by atoms with van der Waals surface area (Å²) in [6, 6.07) is 1.05. The first-order valence-corrected chi connectivity index (χ1v) is 8.05. The maximum Gasteiger partial charge on any atom is 0.325 e. The van der Waals surface area contributed by atoms with Crippen LogP contribution < -0.4 is 5.32 Å². The summed E-state index contributed by atoms with van der Waals surface area (Å²) in [5, 5.41) is 3.39. The van der Waals surface area contributed by atoms with E-state index < -0.39 is 5.54 Å². The van der Waals surface area contributed by atoms with Gasteiger partial charge in [0.05, 0.1) is 7.11 Å². The lowest BCUT2D eigenvalue weighted by Gasteiger charge is -2.33. The van der Waals surface area contributed by atoms with Crippen molar-refractivity contribution < 1.29 is 9.53 Å². The summed E-state index contributed by atoms with van der Waals surface area (Å²) in [4.78, 5) is 14.7. The number of ether oxygens (including phenoxy) is 1. The number of carbonyl (C=O) groups excluding carboxylic acids is 1. The summed E-state index contributed by atoms with van der Waals surface area (Å²) in [6.07, 6.45) is 6.27. The van der Waals surface area contributed by atoms with Crippen LogP contribution in [-0.4, -0.2) is 48.7 Å². The Hall–Kier alpha value is -0.610. The Morgan fingerprint density at radius 1 is 1.35 bits per heavy atom. The Morgan fingerprint density at radius 3 is 2.45 bits per heavy atom. The zero-order valence-corrected chi connectivity index (χ0v) is 13.4. The molecule has 2 aliphatic carbocycles. The Labute approximate surface area is 123 Å². The van der Waals surface area contributed by atoms with Crippen molar-refractivity contribution in [2.75, 3.05) is 20.2 Å². The summed E-state index contributed by atoms with van der Waals surface area (Å²) in [7, 11) is 1.48. The van der Waals surface area contributed by atoms with Crippen molar-refractivity contribution in [3.8, 4) is 0 Å². The molecule has 0 aromatic carbocycles. The summed E-state index contributed by atoms with van der Waals surface area (Å²) in [5.41, 5.74) is -0.570. The van der Waals surface area contributed by atoms with Gasteiger partial charge in [0.25, 0.3) is 0 Å². The average molecular weight is 282 g/mol. The molecular weight excluding hydrogens is 252 g/mol. The van der Waals surface area contributed by atoms with Gasteiger partial charge in [0.15, 0.2) is 0 Å². The Kier molecular flexibility index (Phi) is 5.08. The summed E-state index contributed by atoms with van der Waals surface area (Å²) in [6.45, 7) is 8.34. The number of carbonyl (C=O) groups is 1. The van der Waals surface area contributed by atoms with Crippen LogP contribution in [0.3, 0.4) is 0 Å². The summed E-state index contributed by atoms with van der Waals surface area (Å²) >= 11 is 0. The molecule has 0 spiro atoms. The molecule has 1 atom stereocenters. The number of nitrogens with zero attached hydrogens (tertiary/aromatic N) is 1. The second-order valence-corrected chi connectivity index (χ2v) is 7.04. The average Bonchev–Trinajstić information content (AvgIpc) is 3.25. The van der Waals surface area contributed by atoms with Crippen LogP contribution in [0.2, 0.25) is 0 Å². The minimum absolute atomic E-state index is 0.145. The highest BCUT2D eigenvalue weighted by Crippen LogP contribution is 2.35. The van der Waals surface area contributed by atoms with Gasteiger partial charge in [-0.1, -0.05) is 0 Å².